The van der Waals surface area contributed by atoms with Crippen LogP contribution >= 0.6 is 15.9 Å². The van der Waals surface area contributed by atoms with Gasteiger partial charge in [0.1, 0.15) is 22.1 Å². The predicted molar refractivity (Wildman–Crippen MR) is 101 cm³/mol. The second kappa shape index (κ2) is 13.8. The average Bonchev–Trinajstić information content (AvgIpc) is 2.44. The van der Waals surface area contributed by atoms with E-state index in [0.29, 0.717) is 22.5 Å². The fraction of sp³-hybridized carbons (Fsp3) is 0.412. The number of anilines is 1. The van der Waals surface area contributed by atoms with Crippen molar-refractivity contribution in [3.63, 3.8) is 0 Å². The first kappa shape index (κ1) is 24.6. The van der Waals surface area contributed by atoms with Crippen LogP contribution in [-0.2, 0) is 0 Å². The van der Waals surface area contributed by atoms with Crippen molar-refractivity contribution < 1.29 is 8.78 Å². The van der Waals surface area contributed by atoms with E-state index in [0.717, 1.165) is 6.20 Å². The number of nitrogens with two attached hydrogens (primary N) is 1. The van der Waals surface area contributed by atoms with Gasteiger partial charge in [0.25, 0.3) is 0 Å². The lowest BCUT2D eigenvalue weighted by atomic mass is 10.4. The summed E-state index contributed by atoms with van der Waals surface area (Å²) in [5.74, 6) is 0.0916. The number of pyridine rings is 2. The van der Waals surface area contributed by atoms with Gasteiger partial charge in [0.15, 0.2) is 0 Å². The van der Waals surface area contributed by atoms with Gasteiger partial charge in [-0.2, -0.15) is 0 Å². The summed E-state index contributed by atoms with van der Waals surface area (Å²) in [6.07, 6.45) is 2.36. The highest BCUT2D eigenvalue weighted by Gasteiger charge is 1.95. The van der Waals surface area contributed by atoms with Crippen molar-refractivity contribution in [2.75, 3.05) is 5.32 Å². The van der Waals surface area contributed by atoms with E-state index in [9.17, 15) is 8.78 Å². The molecule has 0 atom stereocenters. The summed E-state index contributed by atoms with van der Waals surface area (Å²) in [5.41, 5.74) is 5.11. The molecule has 0 radical (unpaired) electrons. The first-order valence-corrected chi connectivity index (χ1v) is 7.90. The SMILES string of the molecule is C.CC(C)N.CC(C)Nc1ccc(F)cn1.Fc1ccc(Br)nc1. The van der Waals surface area contributed by atoms with Gasteiger partial charge in [0.05, 0.1) is 12.4 Å². The summed E-state index contributed by atoms with van der Waals surface area (Å²) in [7, 11) is 0. The Balaban J connectivity index is 0. The van der Waals surface area contributed by atoms with Crippen LogP contribution in [0.15, 0.2) is 41.3 Å². The van der Waals surface area contributed by atoms with Gasteiger partial charge in [-0.3, -0.25) is 0 Å². The maximum absolute atomic E-state index is 12.3. The zero-order chi connectivity index (χ0) is 17.8. The van der Waals surface area contributed by atoms with Crippen molar-refractivity contribution in [1.29, 1.82) is 0 Å². The molecule has 0 unspecified atom stereocenters. The smallest absolute Gasteiger partial charge is 0.141 e. The topological polar surface area (TPSA) is 63.8 Å². The molecule has 2 rings (SSSR count). The fourth-order valence-electron chi connectivity index (χ4n) is 1.11. The Morgan fingerprint density at radius 2 is 1.42 bits per heavy atom. The summed E-state index contributed by atoms with van der Waals surface area (Å²) in [6.45, 7) is 7.90. The Morgan fingerprint density at radius 3 is 1.71 bits per heavy atom. The van der Waals surface area contributed by atoms with Crippen LogP contribution in [0.4, 0.5) is 14.6 Å². The minimum Gasteiger partial charge on any atom is -0.368 e. The first-order valence-electron chi connectivity index (χ1n) is 7.11. The molecule has 7 heteroatoms. The Kier molecular flexibility index (Phi) is 14.2. The van der Waals surface area contributed by atoms with Crippen LogP contribution in [0.25, 0.3) is 0 Å². The summed E-state index contributed by atoms with van der Waals surface area (Å²) in [5, 5.41) is 3.05. The van der Waals surface area contributed by atoms with E-state index in [2.05, 4.69) is 31.2 Å². The normalized spacial score (nSPS) is 9.25. The van der Waals surface area contributed by atoms with E-state index in [-0.39, 0.29) is 19.1 Å². The van der Waals surface area contributed by atoms with E-state index in [1.165, 1.54) is 18.3 Å². The molecule has 2 heterocycles. The molecule has 0 bridgehead atoms. The first-order chi connectivity index (χ1) is 10.7. The zero-order valence-electron chi connectivity index (χ0n) is 13.7. The summed E-state index contributed by atoms with van der Waals surface area (Å²) in [6, 6.07) is 6.56. The lowest BCUT2D eigenvalue weighted by Gasteiger charge is -2.07. The maximum Gasteiger partial charge on any atom is 0.141 e. The van der Waals surface area contributed by atoms with Crippen LogP contribution in [0, 0.1) is 11.6 Å². The molecule has 0 saturated heterocycles. The second-order valence-corrected chi connectivity index (χ2v) is 6.02. The Labute approximate surface area is 152 Å². The van der Waals surface area contributed by atoms with Gasteiger partial charge in [-0.15, -0.1) is 0 Å². The molecule has 0 spiro atoms. The van der Waals surface area contributed by atoms with Crippen LogP contribution in [0.2, 0.25) is 0 Å². The molecule has 4 nitrogen and oxygen atoms in total. The molecule has 0 saturated carbocycles. The summed E-state index contributed by atoms with van der Waals surface area (Å²) < 4.78 is 25.0. The van der Waals surface area contributed by atoms with Gasteiger partial charge < -0.3 is 11.1 Å². The van der Waals surface area contributed by atoms with Crippen LogP contribution < -0.4 is 11.1 Å². The number of nitrogens with zero attached hydrogens (tertiary/aromatic N) is 2. The van der Waals surface area contributed by atoms with Gasteiger partial charge in [-0.05, 0) is 60.1 Å². The van der Waals surface area contributed by atoms with Crippen molar-refractivity contribution in [1.82, 2.24) is 9.97 Å². The minimum absolute atomic E-state index is 0. The molecular formula is C17H27BrF2N4. The van der Waals surface area contributed by atoms with E-state index < -0.39 is 0 Å². The largest absolute Gasteiger partial charge is 0.368 e. The number of aromatic nitrogens is 2. The van der Waals surface area contributed by atoms with Crippen molar-refractivity contribution in [2.45, 2.75) is 47.2 Å². The monoisotopic (exact) mass is 404 g/mol. The zero-order valence-corrected chi connectivity index (χ0v) is 15.3. The van der Waals surface area contributed by atoms with Crippen LogP contribution in [0.1, 0.15) is 35.1 Å². The number of hydrogen-bond acceptors (Lipinski definition) is 4. The van der Waals surface area contributed by atoms with E-state index in [4.69, 9.17) is 5.73 Å². The van der Waals surface area contributed by atoms with Crippen LogP contribution in [-0.4, -0.2) is 22.1 Å². The molecule has 2 aromatic rings. The van der Waals surface area contributed by atoms with Crippen molar-refractivity contribution in [3.05, 3.63) is 52.9 Å². The third kappa shape index (κ3) is 15.3. The number of nitrogens with one attached hydrogen (secondary N) is 1. The maximum atomic E-state index is 12.3. The predicted octanol–water partition coefficient (Wildman–Crippen LogP) is 5.01. The molecular weight excluding hydrogens is 378 g/mol. The van der Waals surface area contributed by atoms with Crippen LogP contribution in [0.3, 0.4) is 0 Å². The van der Waals surface area contributed by atoms with Gasteiger partial charge in [-0.1, -0.05) is 21.3 Å². The lowest BCUT2D eigenvalue weighted by Crippen LogP contribution is -2.10. The van der Waals surface area contributed by atoms with E-state index in [1.54, 1.807) is 12.1 Å². The molecule has 0 fully saturated rings. The fourth-order valence-corrected chi connectivity index (χ4v) is 1.35. The number of rotatable bonds is 2. The van der Waals surface area contributed by atoms with Gasteiger partial charge >= 0.3 is 0 Å². The number of halogens is 3. The molecule has 0 aromatic carbocycles. The van der Waals surface area contributed by atoms with Crippen molar-refractivity contribution >= 4 is 21.7 Å². The average molecular weight is 405 g/mol. The number of hydrogen-bond donors (Lipinski definition) is 2. The third-order valence-corrected chi connectivity index (χ3v) is 2.32. The Hall–Kier alpha value is -1.60. The molecule has 24 heavy (non-hydrogen) atoms. The van der Waals surface area contributed by atoms with Gasteiger partial charge in [-0.25, -0.2) is 18.7 Å². The van der Waals surface area contributed by atoms with Crippen LogP contribution in [0.5, 0.6) is 0 Å². The highest BCUT2D eigenvalue weighted by molar-refractivity contribution is 9.10. The van der Waals surface area contributed by atoms with Gasteiger partial charge in [0.2, 0.25) is 0 Å². The summed E-state index contributed by atoms with van der Waals surface area (Å²) in [4.78, 5) is 7.45. The molecule has 136 valence electrons. The summed E-state index contributed by atoms with van der Waals surface area (Å²) >= 11 is 3.07. The van der Waals surface area contributed by atoms with E-state index >= 15 is 0 Å². The molecule has 2 aromatic heterocycles. The van der Waals surface area contributed by atoms with Gasteiger partial charge in [0, 0.05) is 6.04 Å². The van der Waals surface area contributed by atoms with Crippen molar-refractivity contribution in [3.8, 4) is 0 Å². The molecule has 0 aliphatic rings. The highest BCUT2D eigenvalue weighted by atomic mass is 79.9. The molecule has 0 amide bonds. The Bertz CT molecular complexity index is 508. The molecule has 3 N–H and O–H groups in total. The Morgan fingerprint density at radius 1 is 0.958 bits per heavy atom. The quantitative estimate of drug-likeness (QED) is 0.690. The lowest BCUT2D eigenvalue weighted by molar-refractivity contribution is 0.620. The van der Waals surface area contributed by atoms with E-state index in [1.807, 2.05) is 27.7 Å². The highest BCUT2D eigenvalue weighted by Crippen LogP contribution is 2.04. The standard InChI is InChI=1S/C8H11FN2.C5H3BrFN.C3H9N.CH4/c1-6(2)11-8-4-3-7(9)5-10-8;6-5-2-1-4(7)3-8-5;1-3(2)4;/h3-6H,1-2H3,(H,10,11);1-3H;3H,4H2,1-2H3;1H4. The van der Waals surface area contributed by atoms with Crippen molar-refractivity contribution in [2.24, 2.45) is 5.73 Å². The second-order valence-electron chi connectivity index (χ2n) is 5.20. The molecule has 0 aliphatic carbocycles. The third-order valence-electron chi connectivity index (χ3n) is 1.86. The molecule has 0 aliphatic heterocycles. The minimum atomic E-state index is -0.312.